The van der Waals surface area contributed by atoms with E-state index in [4.69, 9.17) is 18.9 Å². The van der Waals surface area contributed by atoms with E-state index in [1.54, 1.807) is 7.11 Å². The van der Waals surface area contributed by atoms with E-state index in [1.165, 1.54) is 0 Å². The molecule has 0 amide bonds. The van der Waals surface area contributed by atoms with E-state index in [9.17, 15) is 0 Å². The Kier molecular flexibility index (Phi) is 4.59. The van der Waals surface area contributed by atoms with Gasteiger partial charge in [0.1, 0.15) is 6.10 Å². The van der Waals surface area contributed by atoms with Gasteiger partial charge in [0.25, 0.3) is 0 Å². The largest absolute Gasteiger partial charge is 0.355 e. The maximum Gasteiger partial charge on any atom is 0.163 e. The zero-order valence-corrected chi connectivity index (χ0v) is 13.5. The normalized spacial score (nSPS) is 39.9. The van der Waals surface area contributed by atoms with E-state index in [0.717, 1.165) is 12.0 Å². The second kappa shape index (κ2) is 5.76. The highest BCUT2D eigenvalue weighted by Gasteiger charge is 2.55. The van der Waals surface area contributed by atoms with Crippen molar-refractivity contribution in [1.82, 2.24) is 0 Å². The maximum absolute atomic E-state index is 6.16. The lowest BCUT2D eigenvalue weighted by atomic mass is 9.82. The van der Waals surface area contributed by atoms with Crippen molar-refractivity contribution >= 4 is 0 Å². The molecule has 2 heterocycles. The molecule has 2 saturated heterocycles. The summed E-state index contributed by atoms with van der Waals surface area (Å²) in [4.78, 5) is 0. The summed E-state index contributed by atoms with van der Waals surface area (Å²) in [6.07, 6.45) is 0.413. The fourth-order valence-electron chi connectivity index (χ4n) is 3.31. The van der Waals surface area contributed by atoms with E-state index in [-0.39, 0.29) is 30.5 Å². The Balaban J connectivity index is 2.27. The molecule has 0 aromatic rings. The van der Waals surface area contributed by atoms with Crippen molar-refractivity contribution in [3.8, 4) is 0 Å². The summed E-state index contributed by atoms with van der Waals surface area (Å²) in [7, 11) is 1.69. The van der Waals surface area contributed by atoms with Gasteiger partial charge in [-0.2, -0.15) is 0 Å². The lowest BCUT2D eigenvalue weighted by Gasteiger charge is -2.43. The number of hydrogen-bond acceptors (Lipinski definition) is 4. The first-order chi connectivity index (χ1) is 9.25. The van der Waals surface area contributed by atoms with Crippen molar-refractivity contribution in [2.75, 3.05) is 7.11 Å². The Bertz CT molecular complexity index is 363. The van der Waals surface area contributed by atoms with Crippen LogP contribution in [-0.2, 0) is 18.9 Å². The molecule has 4 heteroatoms. The molecule has 20 heavy (non-hydrogen) atoms. The Morgan fingerprint density at radius 1 is 1.25 bits per heavy atom. The summed E-state index contributed by atoms with van der Waals surface area (Å²) >= 11 is 0. The van der Waals surface area contributed by atoms with Crippen LogP contribution in [-0.4, -0.2) is 37.5 Å². The first-order valence-electron chi connectivity index (χ1n) is 7.43. The van der Waals surface area contributed by atoms with Crippen molar-refractivity contribution < 1.29 is 18.9 Å². The molecular weight excluding hydrogens is 256 g/mol. The standard InChI is InChI=1S/C16H28O4/c1-9(2)8-11-13-14(20-16(5,6)19-13)12(10(3)4)15(17-7)18-11/h10-15H,1,8H2,2-7H3/t11-,12?,13+,14-,15+/m1/s1. The number of fused-ring (bicyclic) bond motifs is 1. The zero-order chi connectivity index (χ0) is 15.1. The highest BCUT2D eigenvalue weighted by Crippen LogP contribution is 2.44. The quantitative estimate of drug-likeness (QED) is 0.743. The first-order valence-corrected chi connectivity index (χ1v) is 7.43. The molecule has 2 fully saturated rings. The summed E-state index contributed by atoms with van der Waals surface area (Å²) in [5, 5.41) is 0. The Morgan fingerprint density at radius 3 is 2.35 bits per heavy atom. The van der Waals surface area contributed by atoms with E-state index in [0.29, 0.717) is 5.92 Å². The molecule has 116 valence electrons. The van der Waals surface area contributed by atoms with Gasteiger partial charge in [-0.25, -0.2) is 0 Å². The number of ether oxygens (including phenoxy) is 4. The van der Waals surface area contributed by atoms with Gasteiger partial charge in [-0.15, -0.1) is 6.58 Å². The average Bonchev–Trinajstić information content (AvgIpc) is 2.62. The lowest BCUT2D eigenvalue weighted by Crippen LogP contribution is -2.55. The van der Waals surface area contributed by atoms with Crippen molar-refractivity contribution in [2.24, 2.45) is 11.8 Å². The van der Waals surface area contributed by atoms with Crippen molar-refractivity contribution in [1.29, 1.82) is 0 Å². The van der Waals surface area contributed by atoms with Gasteiger partial charge in [-0.1, -0.05) is 19.4 Å². The third-order valence-electron chi connectivity index (χ3n) is 4.08. The Labute approximate surface area is 122 Å². The number of methoxy groups -OCH3 is 1. The van der Waals surface area contributed by atoms with Gasteiger partial charge in [0.15, 0.2) is 12.1 Å². The summed E-state index contributed by atoms with van der Waals surface area (Å²) in [5.74, 6) is 0.00536. The minimum atomic E-state index is -0.568. The Morgan fingerprint density at radius 2 is 1.85 bits per heavy atom. The zero-order valence-electron chi connectivity index (χ0n) is 13.5. The van der Waals surface area contributed by atoms with Crippen LogP contribution in [0.25, 0.3) is 0 Å². The van der Waals surface area contributed by atoms with E-state index in [2.05, 4.69) is 20.4 Å². The van der Waals surface area contributed by atoms with Crippen molar-refractivity contribution in [3.63, 3.8) is 0 Å². The first kappa shape index (κ1) is 16.0. The molecule has 0 bridgehead atoms. The second-order valence-electron chi connectivity index (χ2n) is 6.83. The molecule has 2 aliphatic heterocycles. The molecule has 2 aliphatic rings. The third-order valence-corrected chi connectivity index (χ3v) is 4.08. The van der Waals surface area contributed by atoms with Gasteiger partial charge in [0.05, 0.1) is 12.2 Å². The molecule has 5 atom stereocenters. The highest BCUT2D eigenvalue weighted by atomic mass is 16.8. The topological polar surface area (TPSA) is 36.9 Å². The van der Waals surface area contributed by atoms with Gasteiger partial charge in [0.2, 0.25) is 0 Å². The van der Waals surface area contributed by atoms with Gasteiger partial charge in [0, 0.05) is 13.0 Å². The van der Waals surface area contributed by atoms with Crippen LogP contribution in [0.15, 0.2) is 12.2 Å². The molecule has 0 aliphatic carbocycles. The minimum absolute atomic E-state index is 0.00745. The van der Waals surface area contributed by atoms with Crippen LogP contribution in [0.1, 0.15) is 41.0 Å². The maximum atomic E-state index is 6.16. The average molecular weight is 284 g/mol. The number of hydrogen-bond donors (Lipinski definition) is 0. The van der Waals surface area contributed by atoms with Crippen molar-refractivity contribution in [3.05, 3.63) is 12.2 Å². The van der Waals surface area contributed by atoms with Crippen LogP contribution in [0.3, 0.4) is 0 Å². The van der Waals surface area contributed by atoms with Crippen LogP contribution in [0.2, 0.25) is 0 Å². The smallest absolute Gasteiger partial charge is 0.163 e. The predicted octanol–water partition coefficient (Wildman–Crippen LogP) is 3.12. The molecule has 0 aromatic heterocycles. The van der Waals surface area contributed by atoms with Crippen LogP contribution >= 0.6 is 0 Å². The second-order valence-corrected chi connectivity index (χ2v) is 6.83. The molecule has 4 nitrogen and oxygen atoms in total. The van der Waals surface area contributed by atoms with Gasteiger partial charge >= 0.3 is 0 Å². The fraction of sp³-hybridized carbons (Fsp3) is 0.875. The summed E-state index contributed by atoms with van der Waals surface area (Å²) in [6, 6.07) is 0. The Hall–Kier alpha value is -0.420. The van der Waals surface area contributed by atoms with Gasteiger partial charge < -0.3 is 18.9 Å². The van der Waals surface area contributed by atoms with Gasteiger partial charge in [-0.05, 0) is 33.1 Å². The van der Waals surface area contributed by atoms with E-state index in [1.807, 2.05) is 20.8 Å². The SMILES string of the molecule is C=C(C)C[C@H]1O[C@H](OC)C(C(C)C)[C@H]2OC(C)(C)O[C@H]21. The molecule has 1 unspecified atom stereocenters. The lowest BCUT2D eigenvalue weighted by molar-refractivity contribution is -0.258. The van der Waals surface area contributed by atoms with Crippen LogP contribution in [0.4, 0.5) is 0 Å². The highest BCUT2D eigenvalue weighted by molar-refractivity contribution is 5.02. The molecule has 2 rings (SSSR count). The molecule has 0 saturated carbocycles. The molecule has 0 N–H and O–H groups in total. The van der Waals surface area contributed by atoms with E-state index >= 15 is 0 Å². The number of rotatable bonds is 4. The molecule has 0 spiro atoms. The molecular formula is C16H28O4. The third kappa shape index (κ3) is 3.08. The van der Waals surface area contributed by atoms with Crippen molar-refractivity contribution in [2.45, 2.75) is 71.4 Å². The summed E-state index contributed by atoms with van der Waals surface area (Å²) in [5.41, 5.74) is 1.08. The predicted molar refractivity (Wildman–Crippen MR) is 77.3 cm³/mol. The van der Waals surface area contributed by atoms with Crippen LogP contribution < -0.4 is 0 Å². The molecule has 0 aromatic carbocycles. The fourth-order valence-corrected chi connectivity index (χ4v) is 3.31. The summed E-state index contributed by atoms with van der Waals surface area (Å²) < 4.78 is 24.0. The van der Waals surface area contributed by atoms with Crippen LogP contribution in [0.5, 0.6) is 0 Å². The summed E-state index contributed by atoms with van der Waals surface area (Å²) in [6.45, 7) is 14.3. The van der Waals surface area contributed by atoms with Gasteiger partial charge in [-0.3, -0.25) is 0 Å². The minimum Gasteiger partial charge on any atom is -0.355 e. The van der Waals surface area contributed by atoms with E-state index < -0.39 is 5.79 Å². The molecule has 0 radical (unpaired) electrons. The van der Waals surface area contributed by atoms with Crippen LogP contribution in [0, 0.1) is 11.8 Å². The monoisotopic (exact) mass is 284 g/mol.